The van der Waals surface area contributed by atoms with Gasteiger partial charge in [0.05, 0.1) is 13.0 Å². The fourth-order valence-electron chi connectivity index (χ4n) is 2.00. The van der Waals surface area contributed by atoms with E-state index in [9.17, 15) is 9.59 Å². The number of carbonyl (C=O) groups excluding carboxylic acids is 2. The van der Waals surface area contributed by atoms with Gasteiger partial charge in [-0.2, -0.15) is 0 Å². The maximum atomic E-state index is 11.4. The standard InChI is InChI=1S/C10H17NO3/c1-7(12)11-9-6-4-3-5-8(9)10(13)14-2/h8-9H,3-6H2,1-2H3,(H,11,12)/t8-,9+/m0/s1. The summed E-state index contributed by atoms with van der Waals surface area (Å²) in [5.41, 5.74) is 0. The molecule has 0 saturated heterocycles. The molecule has 1 saturated carbocycles. The van der Waals surface area contributed by atoms with E-state index in [4.69, 9.17) is 4.74 Å². The summed E-state index contributed by atoms with van der Waals surface area (Å²) in [7, 11) is 1.39. The lowest BCUT2D eigenvalue weighted by Crippen LogP contribution is -2.44. The van der Waals surface area contributed by atoms with Crippen molar-refractivity contribution >= 4 is 11.9 Å². The van der Waals surface area contributed by atoms with Gasteiger partial charge in [-0.15, -0.1) is 0 Å². The molecule has 2 atom stereocenters. The molecule has 0 bridgehead atoms. The van der Waals surface area contributed by atoms with Crippen LogP contribution in [0.3, 0.4) is 0 Å². The fourth-order valence-corrected chi connectivity index (χ4v) is 2.00. The molecule has 0 heterocycles. The Morgan fingerprint density at radius 1 is 1.29 bits per heavy atom. The summed E-state index contributed by atoms with van der Waals surface area (Å²) in [6.07, 6.45) is 3.80. The predicted octanol–water partition coefficient (Wildman–Crippen LogP) is 0.854. The number of ether oxygens (including phenoxy) is 1. The number of rotatable bonds is 2. The van der Waals surface area contributed by atoms with Crippen molar-refractivity contribution < 1.29 is 14.3 Å². The molecular weight excluding hydrogens is 182 g/mol. The zero-order valence-corrected chi connectivity index (χ0v) is 8.71. The minimum atomic E-state index is -0.205. The highest BCUT2D eigenvalue weighted by atomic mass is 16.5. The van der Waals surface area contributed by atoms with Gasteiger partial charge in [-0.3, -0.25) is 9.59 Å². The molecule has 0 aromatic rings. The third-order valence-corrected chi connectivity index (χ3v) is 2.66. The Kier molecular flexibility index (Phi) is 3.92. The Hall–Kier alpha value is -1.06. The summed E-state index contributed by atoms with van der Waals surface area (Å²) in [6, 6.07) is -0.0336. The summed E-state index contributed by atoms with van der Waals surface area (Å²) in [5.74, 6) is -0.438. The van der Waals surface area contributed by atoms with E-state index in [2.05, 4.69) is 5.32 Å². The van der Waals surface area contributed by atoms with E-state index in [-0.39, 0.29) is 23.8 Å². The Bertz CT molecular complexity index is 227. The van der Waals surface area contributed by atoms with Gasteiger partial charge in [0.15, 0.2) is 0 Å². The van der Waals surface area contributed by atoms with E-state index in [0.29, 0.717) is 0 Å². The van der Waals surface area contributed by atoms with E-state index in [1.807, 2.05) is 0 Å². The molecular formula is C10H17NO3. The van der Waals surface area contributed by atoms with Crippen molar-refractivity contribution in [1.29, 1.82) is 0 Å². The van der Waals surface area contributed by atoms with E-state index in [1.54, 1.807) is 0 Å². The van der Waals surface area contributed by atoms with Crippen LogP contribution in [-0.4, -0.2) is 25.0 Å². The van der Waals surface area contributed by atoms with Crippen LogP contribution in [0, 0.1) is 5.92 Å². The SMILES string of the molecule is COC(=O)[C@H]1CCCC[C@H]1NC(C)=O. The highest BCUT2D eigenvalue weighted by Gasteiger charge is 2.31. The number of nitrogens with one attached hydrogen (secondary N) is 1. The van der Waals surface area contributed by atoms with Crippen molar-refractivity contribution in [3.05, 3.63) is 0 Å². The van der Waals surface area contributed by atoms with Crippen molar-refractivity contribution in [2.45, 2.75) is 38.6 Å². The van der Waals surface area contributed by atoms with Crippen molar-refractivity contribution in [3.8, 4) is 0 Å². The molecule has 1 aliphatic carbocycles. The second-order valence-electron chi connectivity index (χ2n) is 3.72. The lowest BCUT2D eigenvalue weighted by atomic mass is 9.84. The number of esters is 1. The molecule has 14 heavy (non-hydrogen) atoms. The van der Waals surface area contributed by atoms with Crippen LogP contribution in [0.25, 0.3) is 0 Å². The van der Waals surface area contributed by atoms with Crippen LogP contribution in [0.15, 0.2) is 0 Å². The first kappa shape index (κ1) is 11.0. The molecule has 1 N–H and O–H groups in total. The molecule has 0 unspecified atom stereocenters. The zero-order chi connectivity index (χ0) is 10.6. The van der Waals surface area contributed by atoms with Gasteiger partial charge in [-0.05, 0) is 12.8 Å². The minimum absolute atomic E-state index is 0.0336. The van der Waals surface area contributed by atoms with Gasteiger partial charge < -0.3 is 10.1 Å². The van der Waals surface area contributed by atoms with Gasteiger partial charge in [0.1, 0.15) is 0 Å². The lowest BCUT2D eigenvalue weighted by molar-refractivity contribution is -0.147. The topological polar surface area (TPSA) is 55.4 Å². The average Bonchev–Trinajstić information content (AvgIpc) is 2.16. The van der Waals surface area contributed by atoms with Crippen LogP contribution in [0.1, 0.15) is 32.6 Å². The molecule has 0 aromatic heterocycles. The van der Waals surface area contributed by atoms with Crippen LogP contribution in [0.4, 0.5) is 0 Å². The molecule has 4 nitrogen and oxygen atoms in total. The first-order valence-corrected chi connectivity index (χ1v) is 5.00. The Morgan fingerprint density at radius 3 is 2.50 bits per heavy atom. The van der Waals surface area contributed by atoms with Crippen LogP contribution in [-0.2, 0) is 14.3 Å². The molecule has 1 amide bonds. The first-order chi connectivity index (χ1) is 6.65. The summed E-state index contributed by atoms with van der Waals surface area (Å²) < 4.78 is 4.71. The highest BCUT2D eigenvalue weighted by Crippen LogP contribution is 2.25. The molecule has 1 aliphatic rings. The van der Waals surface area contributed by atoms with Gasteiger partial charge in [-0.1, -0.05) is 12.8 Å². The van der Waals surface area contributed by atoms with Crippen LogP contribution in [0.2, 0.25) is 0 Å². The second-order valence-corrected chi connectivity index (χ2v) is 3.72. The number of carbonyl (C=O) groups is 2. The molecule has 0 aliphatic heterocycles. The second kappa shape index (κ2) is 4.98. The number of hydrogen-bond donors (Lipinski definition) is 1. The van der Waals surface area contributed by atoms with Crippen molar-refractivity contribution in [3.63, 3.8) is 0 Å². The van der Waals surface area contributed by atoms with E-state index < -0.39 is 0 Å². The maximum absolute atomic E-state index is 11.4. The largest absolute Gasteiger partial charge is 0.469 e. The van der Waals surface area contributed by atoms with E-state index >= 15 is 0 Å². The molecule has 0 radical (unpaired) electrons. The molecule has 1 rings (SSSR count). The van der Waals surface area contributed by atoms with Crippen molar-refractivity contribution in [2.24, 2.45) is 5.92 Å². The first-order valence-electron chi connectivity index (χ1n) is 5.00. The van der Waals surface area contributed by atoms with Crippen LogP contribution < -0.4 is 5.32 Å². The minimum Gasteiger partial charge on any atom is -0.469 e. The Morgan fingerprint density at radius 2 is 1.93 bits per heavy atom. The summed E-state index contributed by atoms with van der Waals surface area (Å²) >= 11 is 0. The third-order valence-electron chi connectivity index (χ3n) is 2.66. The Labute approximate surface area is 84.0 Å². The van der Waals surface area contributed by atoms with Gasteiger partial charge in [0, 0.05) is 13.0 Å². The normalized spacial score (nSPS) is 26.7. The van der Waals surface area contributed by atoms with Gasteiger partial charge in [0.25, 0.3) is 0 Å². The average molecular weight is 199 g/mol. The van der Waals surface area contributed by atoms with Gasteiger partial charge in [0.2, 0.25) is 5.91 Å². The van der Waals surface area contributed by atoms with Crippen LogP contribution in [0.5, 0.6) is 0 Å². The highest BCUT2D eigenvalue weighted by molar-refractivity contribution is 5.77. The molecule has 0 aromatic carbocycles. The quantitative estimate of drug-likeness (QED) is 0.671. The zero-order valence-electron chi connectivity index (χ0n) is 8.71. The van der Waals surface area contributed by atoms with E-state index in [1.165, 1.54) is 14.0 Å². The number of amides is 1. The molecule has 0 spiro atoms. The van der Waals surface area contributed by atoms with Crippen molar-refractivity contribution in [1.82, 2.24) is 5.32 Å². The molecule has 1 fully saturated rings. The Balaban J connectivity index is 2.58. The lowest BCUT2D eigenvalue weighted by Gasteiger charge is -2.29. The van der Waals surface area contributed by atoms with E-state index in [0.717, 1.165) is 25.7 Å². The predicted molar refractivity (Wildman–Crippen MR) is 51.6 cm³/mol. The molecule has 80 valence electrons. The summed E-state index contributed by atoms with van der Waals surface area (Å²) in [5, 5.41) is 2.81. The fraction of sp³-hybridized carbons (Fsp3) is 0.800. The summed E-state index contributed by atoms with van der Waals surface area (Å²) in [4.78, 5) is 22.3. The van der Waals surface area contributed by atoms with Gasteiger partial charge in [-0.25, -0.2) is 0 Å². The molecule has 4 heteroatoms. The van der Waals surface area contributed by atoms with Crippen molar-refractivity contribution in [2.75, 3.05) is 7.11 Å². The summed E-state index contributed by atoms with van der Waals surface area (Å²) in [6.45, 7) is 1.48. The van der Waals surface area contributed by atoms with Gasteiger partial charge >= 0.3 is 5.97 Å². The van der Waals surface area contributed by atoms with Crippen LogP contribution >= 0.6 is 0 Å². The maximum Gasteiger partial charge on any atom is 0.310 e. The monoisotopic (exact) mass is 199 g/mol. The third kappa shape index (κ3) is 2.72. The number of hydrogen-bond acceptors (Lipinski definition) is 3. The number of methoxy groups -OCH3 is 1. The smallest absolute Gasteiger partial charge is 0.310 e.